The molecular weight excluding hydrogens is 214 g/mol. The summed E-state index contributed by atoms with van der Waals surface area (Å²) in [5, 5.41) is 10.3. The lowest BCUT2D eigenvalue weighted by Crippen LogP contribution is -2.35. The SMILES string of the molecule is CCCCCCC(S)C(=O)NCC(=O)O. The molecule has 0 heterocycles. The Kier molecular flexibility index (Phi) is 8.18. The van der Waals surface area contributed by atoms with Gasteiger partial charge in [0.2, 0.25) is 5.91 Å². The molecule has 1 unspecified atom stereocenters. The summed E-state index contributed by atoms with van der Waals surface area (Å²) in [6.07, 6.45) is 5.08. The van der Waals surface area contributed by atoms with E-state index in [1.807, 2.05) is 0 Å². The van der Waals surface area contributed by atoms with E-state index in [1.165, 1.54) is 0 Å². The molecule has 0 aromatic carbocycles. The highest BCUT2D eigenvalue weighted by atomic mass is 32.1. The van der Waals surface area contributed by atoms with Gasteiger partial charge in [-0.25, -0.2) is 0 Å². The second-order valence-electron chi connectivity index (χ2n) is 3.48. The Balaban J connectivity index is 3.55. The average Bonchev–Trinajstić information content (AvgIpc) is 2.20. The summed E-state index contributed by atoms with van der Waals surface area (Å²) in [7, 11) is 0. The van der Waals surface area contributed by atoms with Gasteiger partial charge in [0, 0.05) is 0 Å². The van der Waals surface area contributed by atoms with Crippen molar-refractivity contribution in [2.45, 2.75) is 44.3 Å². The largest absolute Gasteiger partial charge is 0.480 e. The third-order valence-corrected chi connectivity index (χ3v) is 2.54. The number of amides is 1. The van der Waals surface area contributed by atoms with Crippen LogP contribution in [0.3, 0.4) is 0 Å². The van der Waals surface area contributed by atoms with Crippen LogP contribution in [0.4, 0.5) is 0 Å². The van der Waals surface area contributed by atoms with E-state index < -0.39 is 5.97 Å². The first-order chi connectivity index (χ1) is 7.07. The van der Waals surface area contributed by atoms with Crippen LogP contribution in [-0.2, 0) is 9.59 Å². The molecule has 4 nitrogen and oxygen atoms in total. The molecule has 0 aromatic heterocycles. The molecular formula is C10H19NO3S. The monoisotopic (exact) mass is 233 g/mol. The highest BCUT2D eigenvalue weighted by Gasteiger charge is 2.13. The number of carboxylic acids is 1. The van der Waals surface area contributed by atoms with Crippen molar-refractivity contribution in [3.8, 4) is 0 Å². The Labute approximate surface area is 95.8 Å². The minimum Gasteiger partial charge on any atom is -0.480 e. The Morgan fingerprint density at radius 2 is 2.00 bits per heavy atom. The summed E-state index contributed by atoms with van der Waals surface area (Å²) < 4.78 is 0. The molecule has 0 aliphatic heterocycles. The maximum Gasteiger partial charge on any atom is 0.322 e. The Hall–Kier alpha value is -0.710. The van der Waals surface area contributed by atoms with Crippen molar-refractivity contribution in [2.75, 3.05) is 6.54 Å². The fraction of sp³-hybridized carbons (Fsp3) is 0.800. The van der Waals surface area contributed by atoms with Gasteiger partial charge in [-0.1, -0.05) is 32.6 Å². The molecule has 0 rings (SSSR count). The van der Waals surface area contributed by atoms with E-state index in [1.54, 1.807) is 0 Å². The lowest BCUT2D eigenvalue weighted by molar-refractivity contribution is -0.137. The second kappa shape index (κ2) is 8.59. The van der Waals surface area contributed by atoms with Crippen molar-refractivity contribution < 1.29 is 14.7 Å². The van der Waals surface area contributed by atoms with Crippen molar-refractivity contribution in [3.05, 3.63) is 0 Å². The second-order valence-corrected chi connectivity index (χ2v) is 4.10. The molecule has 88 valence electrons. The van der Waals surface area contributed by atoms with Gasteiger partial charge in [0.25, 0.3) is 0 Å². The quantitative estimate of drug-likeness (QED) is 0.439. The lowest BCUT2D eigenvalue weighted by Gasteiger charge is -2.09. The molecule has 0 saturated carbocycles. The summed E-state index contributed by atoms with van der Waals surface area (Å²) in [5.74, 6) is -1.33. The zero-order valence-electron chi connectivity index (χ0n) is 9.03. The van der Waals surface area contributed by atoms with E-state index in [0.717, 1.165) is 25.7 Å². The zero-order valence-corrected chi connectivity index (χ0v) is 9.93. The van der Waals surface area contributed by atoms with Crippen molar-refractivity contribution in [1.29, 1.82) is 0 Å². The molecule has 0 radical (unpaired) electrons. The van der Waals surface area contributed by atoms with Gasteiger partial charge in [-0.2, -0.15) is 12.6 Å². The van der Waals surface area contributed by atoms with Crippen LogP contribution in [0.25, 0.3) is 0 Å². The van der Waals surface area contributed by atoms with E-state index in [-0.39, 0.29) is 17.7 Å². The molecule has 15 heavy (non-hydrogen) atoms. The summed E-state index contributed by atoms with van der Waals surface area (Å²) in [5.41, 5.74) is 0. The number of aliphatic carboxylic acids is 1. The van der Waals surface area contributed by atoms with Crippen LogP contribution in [0.5, 0.6) is 0 Å². The first-order valence-corrected chi connectivity index (χ1v) is 5.77. The van der Waals surface area contributed by atoms with Gasteiger partial charge in [0.05, 0.1) is 5.25 Å². The van der Waals surface area contributed by atoms with Crippen LogP contribution in [-0.4, -0.2) is 28.8 Å². The molecule has 1 atom stereocenters. The number of carbonyl (C=O) groups is 2. The normalized spacial score (nSPS) is 12.1. The fourth-order valence-electron chi connectivity index (χ4n) is 1.18. The topological polar surface area (TPSA) is 66.4 Å². The molecule has 1 amide bonds. The molecule has 0 aliphatic carbocycles. The number of carbonyl (C=O) groups excluding carboxylic acids is 1. The summed E-state index contributed by atoms with van der Waals surface area (Å²) >= 11 is 4.12. The van der Waals surface area contributed by atoms with E-state index in [0.29, 0.717) is 6.42 Å². The smallest absolute Gasteiger partial charge is 0.322 e. The maximum absolute atomic E-state index is 11.3. The number of carboxylic acid groups (broad SMARTS) is 1. The molecule has 0 aromatic rings. The predicted octanol–water partition coefficient (Wildman–Crippen LogP) is 1.46. The van der Waals surface area contributed by atoms with Crippen LogP contribution in [0.2, 0.25) is 0 Å². The number of nitrogens with one attached hydrogen (secondary N) is 1. The molecule has 0 spiro atoms. The maximum atomic E-state index is 11.3. The number of hydrogen-bond donors (Lipinski definition) is 3. The number of thiol groups is 1. The van der Waals surface area contributed by atoms with Gasteiger partial charge in [-0.3, -0.25) is 9.59 Å². The standard InChI is InChI=1S/C10H19NO3S/c1-2-3-4-5-6-8(15)10(14)11-7-9(12)13/h8,15H,2-7H2,1H3,(H,11,14)(H,12,13). The average molecular weight is 233 g/mol. The number of rotatable bonds is 8. The molecule has 0 saturated heterocycles. The summed E-state index contributed by atoms with van der Waals surface area (Å²) in [6.45, 7) is 1.79. The van der Waals surface area contributed by atoms with Crippen LogP contribution in [0.1, 0.15) is 39.0 Å². The van der Waals surface area contributed by atoms with Crippen molar-refractivity contribution in [1.82, 2.24) is 5.32 Å². The summed E-state index contributed by atoms with van der Waals surface area (Å²) in [6, 6.07) is 0. The highest BCUT2D eigenvalue weighted by molar-refractivity contribution is 7.81. The van der Waals surface area contributed by atoms with Gasteiger partial charge < -0.3 is 10.4 Å². The first kappa shape index (κ1) is 14.3. The highest BCUT2D eigenvalue weighted by Crippen LogP contribution is 2.09. The number of hydrogen-bond acceptors (Lipinski definition) is 3. The molecule has 0 aliphatic rings. The van der Waals surface area contributed by atoms with Gasteiger partial charge in [0.15, 0.2) is 0 Å². The Morgan fingerprint density at radius 1 is 1.33 bits per heavy atom. The van der Waals surface area contributed by atoms with Gasteiger partial charge >= 0.3 is 5.97 Å². The lowest BCUT2D eigenvalue weighted by atomic mass is 10.1. The Morgan fingerprint density at radius 3 is 2.53 bits per heavy atom. The zero-order chi connectivity index (χ0) is 11.7. The molecule has 0 bridgehead atoms. The van der Waals surface area contributed by atoms with Crippen molar-refractivity contribution in [2.24, 2.45) is 0 Å². The van der Waals surface area contributed by atoms with E-state index in [9.17, 15) is 9.59 Å². The van der Waals surface area contributed by atoms with Gasteiger partial charge in [0.1, 0.15) is 6.54 Å². The minimum atomic E-state index is -1.03. The van der Waals surface area contributed by atoms with Crippen LogP contribution in [0, 0.1) is 0 Å². The summed E-state index contributed by atoms with van der Waals surface area (Å²) in [4.78, 5) is 21.4. The Bertz CT molecular complexity index is 209. The molecule has 0 fully saturated rings. The fourth-order valence-corrected chi connectivity index (χ4v) is 1.45. The minimum absolute atomic E-state index is 0.294. The molecule has 5 heteroatoms. The van der Waals surface area contributed by atoms with E-state index in [4.69, 9.17) is 5.11 Å². The van der Waals surface area contributed by atoms with Crippen LogP contribution >= 0.6 is 12.6 Å². The predicted molar refractivity (Wildman–Crippen MR) is 62.2 cm³/mol. The third-order valence-electron chi connectivity index (χ3n) is 2.05. The third kappa shape index (κ3) is 8.30. The van der Waals surface area contributed by atoms with E-state index in [2.05, 4.69) is 24.9 Å². The van der Waals surface area contributed by atoms with E-state index >= 15 is 0 Å². The van der Waals surface area contributed by atoms with Crippen LogP contribution < -0.4 is 5.32 Å². The van der Waals surface area contributed by atoms with Gasteiger partial charge in [-0.15, -0.1) is 0 Å². The van der Waals surface area contributed by atoms with Gasteiger partial charge in [-0.05, 0) is 6.42 Å². The molecule has 2 N–H and O–H groups in total. The number of unbranched alkanes of at least 4 members (excludes halogenated alkanes) is 3. The van der Waals surface area contributed by atoms with Crippen molar-refractivity contribution >= 4 is 24.5 Å². The van der Waals surface area contributed by atoms with Crippen molar-refractivity contribution in [3.63, 3.8) is 0 Å². The van der Waals surface area contributed by atoms with Crippen LogP contribution in [0.15, 0.2) is 0 Å². The first-order valence-electron chi connectivity index (χ1n) is 5.25.